The van der Waals surface area contributed by atoms with Gasteiger partial charge in [0.2, 0.25) is 0 Å². The van der Waals surface area contributed by atoms with Crippen LogP contribution in [-0.4, -0.2) is 26.3 Å². The Morgan fingerprint density at radius 2 is 1.71 bits per heavy atom. The molecule has 1 N–H and O–H groups in total. The van der Waals surface area contributed by atoms with Gasteiger partial charge in [0.15, 0.2) is 11.5 Å². The normalized spacial score (nSPS) is 18.7. The first-order valence-electron chi connectivity index (χ1n) is 7.60. The van der Waals surface area contributed by atoms with Crippen LogP contribution in [0.15, 0.2) is 34.7 Å². The maximum atomic E-state index is 6.08. The lowest BCUT2D eigenvalue weighted by atomic mass is 9.96. The van der Waals surface area contributed by atoms with Crippen molar-refractivity contribution in [3.8, 4) is 22.8 Å². The fourth-order valence-corrected chi connectivity index (χ4v) is 3.03. The van der Waals surface area contributed by atoms with Crippen LogP contribution in [-0.2, 0) is 0 Å². The quantitative estimate of drug-likeness (QED) is 0.920. The molecule has 110 valence electrons. The highest BCUT2D eigenvalue weighted by Gasteiger charge is 2.19. The predicted molar refractivity (Wildman–Crippen MR) is 80.0 cm³/mol. The van der Waals surface area contributed by atoms with Crippen LogP contribution in [0.25, 0.3) is 11.3 Å². The first-order valence-corrected chi connectivity index (χ1v) is 7.60. The molecule has 21 heavy (non-hydrogen) atoms. The van der Waals surface area contributed by atoms with Crippen LogP contribution in [0.3, 0.4) is 0 Å². The topological polar surface area (TPSA) is 43.6 Å². The standard InChI is InChI=1S/C17H19NO3/c1-2-16-17(20-10-9-19-16)11-13(1)15-4-3-14(21-15)12-5-7-18-8-6-12/h1-4,11-12,18H,5-10H2. The van der Waals surface area contributed by atoms with Crippen LogP contribution < -0.4 is 14.8 Å². The van der Waals surface area contributed by atoms with Gasteiger partial charge in [-0.3, -0.25) is 0 Å². The average Bonchev–Trinajstić information content (AvgIpc) is 3.05. The molecule has 2 aliphatic heterocycles. The number of nitrogens with one attached hydrogen (secondary N) is 1. The van der Waals surface area contributed by atoms with E-state index in [1.807, 2.05) is 18.2 Å². The van der Waals surface area contributed by atoms with E-state index in [0.29, 0.717) is 19.1 Å². The van der Waals surface area contributed by atoms with Gasteiger partial charge >= 0.3 is 0 Å². The maximum Gasteiger partial charge on any atom is 0.162 e. The van der Waals surface area contributed by atoms with Crippen molar-refractivity contribution < 1.29 is 13.9 Å². The molecule has 0 saturated carbocycles. The Hall–Kier alpha value is -1.94. The first-order chi connectivity index (χ1) is 10.4. The molecular formula is C17H19NO3. The van der Waals surface area contributed by atoms with E-state index in [2.05, 4.69) is 17.4 Å². The lowest BCUT2D eigenvalue weighted by molar-refractivity contribution is 0.171. The van der Waals surface area contributed by atoms with Gasteiger partial charge in [-0.25, -0.2) is 0 Å². The van der Waals surface area contributed by atoms with Crippen LogP contribution in [0.2, 0.25) is 0 Å². The van der Waals surface area contributed by atoms with E-state index in [4.69, 9.17) is 13.9 Å². The van der Waals surface area contributed by atoms with E-state index in [1.54, 1.807) is 0 Å². The Balaban J connectivity index is 1.60. The molecule has 1 fully saturated rings. The summed E-state index contributed by atoms with van der Waals surface area (Å²) in [5, 5.41) is 3.39. The summed E-state index contributed by atoms with van der Waals surface area (Å²) in [5.41, 5.74) is 1.04. The van der Waals surface area contributed by atoms with Gasteiger partial charge in [0.1, 0.15) is 24.7 Å². The van der Waals surface area contributed by atoms with E-state index in [9.17, 15) is 0 Å². The van der Waals surface area contributed by atoms with Gasteiger partial charge in [-0.2, -0.15) is 0 Å². The number of hydrogen-bond acceptors (Lipinski definition) is 4. The summed E-state index contributed by atoms with van der Waals surface area (Å²) in [6, 6.07) is 10.2. The Kier molecular flexibility index (Phi) is 3.31. The lowest BCUT2D eigenvalue weighted by Crippen LogP contribution is -2.26. The number of piperidine rings is 1. The Morgan fingerprint density at radius 1 is 0.905 bits per heavy atom. The molecular weight excluding hydrogens is 266 g/mol. The third-order valence-electron chi connectivity index (χ3n) is 4.19. The highest BCUT2D eigenvalue weighted by Crippen LogP contribution is 2.36. The van der Waals surface area contributed by atoms with Gasteiger partial charge in [-0.1, -0.05) is 0 Å². The minimum Gasteiger partial charge on any atom is -0.486 e. The van der Waals surface area contributed by atoms with Gasteiger partial charge in [0.05, 0.1) is 0 Å². The third kappa shape index (κ3) is 2.51. The second-order valence-corrected chi connectivity index (χ2v) is 5.58. The summed E-state index contributed by atoms with van der Waals surface area (Å²) in [6.07, 6.45) is 2.29. The number of fused-ring (bicyclic) bond motifs is 1. The smallest absolute Gasteiger partial charge is 0.162 e. The molecule has 2 aliphatic rings. The van der Waals surface area contributed by atoms with Gasteiger partial charge in [0.25, 0.3) is 0 Å². The van der Waals surface area contributed by atoms with Crippen molar-refractivity contribution in [2.75, 3.05) is 26.3 Å². The molecule has 1 saturated heterocycles. The second-order valence-electron chi connectivity index (χ2n) is 5.58. The Bertz CT molecular complexity index is 629. The van der Waals surface area contributed by atoms with Crippen molar-refractivity contribution in [3.63, 3.8) is 0 Å². The molecule has 1 aromatic heterocycles. The second kappa shape index (κ2) is 5.45. The molecule has 0 aliphatic carbocycles. The van der Waals surface area contributed by atoms with Crippen molar-refractivity contribution in [3.05, 3.63) is 36.1 Å². The highest BCUT2D eigenvalue weighted by molar-refractivity contribution is 5.63. The van der Waals surface area contributed by atoms with Gasteiger partial charge in [-0.05, 0) is 56.3 Å². The van der Waals surface area contributed by atoms with Crippen LogP contribution >= 0.6 is 0 Å². The van der Waals surface area contributed by atoms with Gasteiger partial charge in [0, 0.05) is 11.5 Å². The van der Waals surface area contributed by atoms with Crippen LogP contribution in [0.1, 0.15) is 24.5 Å². The molecule has 0 radical (unpaired) electrons. The SMILES string of the molecule is c1cc2c(cc1-c1ccc(C3CCNCC3)o1)OCCO2. The van der Waals surface area contributed by atoms with Crippen molar-refractivity contribution in [1.82, 2.24) is 5.32 Å². The summed E-state index contributed by atoms with van der Waals surface area (Å²) in [5.74, 6) is 4.16. The molecule has 0 amide bonds. The molecule has 0 atom stereocenters. The zero-order chi connectivity index (χ0) is 14.1. The van der Waals surface area contributed by atoms with Crippen LogP contribution in [0.4, 0.5) is 0 Å². The lowest BCUT2D eigenvalue weighted by Gasteiger charge is -2.20. The summed E-state index contributed by atoms with van der Waals surface area (Å²) in [7, 11) is 0. The summed E-state index contributed by atoms with van der Waals surface area (Å²) < 4.78 is 17.3. The zero-order valence-electron chi connectivity index (χ0n) is 11.9. The molecule has 0 spiro atoms. The predicted octanol–water partition coefficient (Wildman–Crippen LogP) is 3.18. The van der Waals surface area contributed by atoms with E-state index < -0.39 is 0 Å². The van der Waals surface area contributed by atoms with Gasteiger partial charge < -0.3 is 19.2 Å². The van der Waals surface area contributed by atoms with E-state index >= 15 is 0 Å². The van der Waals surface area contributed by atoms with E-state index in [1.165, 1.54) is 0 Å². The monoisotopic (exact) mass is 285 g/mol. The minimum atomic E-state index is 0.539. The van der Waals surface area contributed by atoms with E-state index in [0.717, 1.165) is 54.5 Å². The molecule has 0 bridgehead atoms. The van der Waals surface area contributed by atoms with Crippen molar-refractivity contribution >= 4 is 0 Å². The highest BCUT2D eigenvalue weighted by atomic mass is 16.6. The molecule has 4 heteroatoms. The summed E-state index contributed by atoms with van der Waals surface area (Å²) in [6.45, 7) is 3.37. The molecule has 4 rings (SSSR count). The average molecular weight is 285 g/mol. The fraction of sp³-hybridized carbons (Fsp3) is 0.412. The van der Waals surface area contributed by atoms with Crippen molar-refractivity contribution in [2.45, 2.75) is 18.8 Å². The van der Waals surface area contributed by atoms with Gasteiger partial charge in [-0.15, -0.1) is 0 Å². The Labute approximate surface area is 124 Å². The number of ether oxygens (including phenoxy) is 2. The molecule has 2 aromatic rings. The third-order valence-corrected chi connectivity index (χ3v) is 4.19. The fourth-order valence-electron chi connectivity index (χ4n) is 3.03. The van der Waals surface area contributed by atoms with E-state index in [-0.39, 0.29) is 0 Å². The number of hydrogen-bond donors (Lipinski definition) is 1. The largest absolute Gasteiger partial charge is 0.486 e. The maximum absolute atomic E-state index is 6.08. The van der Waals surface area contributed by atoms with Crippen molar-refractivity contribution in [1.29, 1.82) is 0 Å². The molecule has 4 nitrogen and oxygen atoms in total. The summed E-state index contributed by atoms with van der Waals surface area (Å²) in [4.78, 5) is 0. The first kappa shape index (κ1) is 12.8. The molecule has 3 heterocycles. The van der Waals surface area contributed by atoms with Crippen LogP contribution in [0, 0.1) is 0 Å². The molecule has 0 unspecified atom stereocenters. The van der Waals surface area contributed by atoms with Crippen LogP contribution in [0.5, 0.6) is 11.5 Å². The minimum absolute atomic E-state index is 0.539. The zero-order valence-corrected chi connectivity index (χ0v) is 11.9. The number of benzene rings is 1. The summed E-state index contributed by atoms with van der Waals surface area (Å²) >= 11 is 0. The number of rotatable bonds is 2. The van der Waals surface area contributed by atoms with Crippen molar-refractivity contribution in [2.24, 2.45) is 0 Å². The Morgan fingerprint density at radius 3 is 2.57 bits per heavy atom. The number of furan rings is 1. The molecule has 1 aromatic carbocycles.